The fourth-order valence-electron chi connectivity index (χ4n) is 2.89. The standard InChI is InChI=1S/C22H21N3O/c1-3-16(2)24-22(26)21-18(15-23)13-14-25(21)20-12-8-7-11-19(20)17-9-5-4-6-10-17/h4-14,16H,3H2,1-2H3,(H,24,26). The molecule has 1 unspecified atom stereocenters. The highest BCUT2D eigenvalue weighted by Crippen LogP contribution is 2.28. The molecule has 4 nitrogen and oxygen atoms in total. The number of carbonyl (C=O) groups excluding carboxylic acids is 1. The maximum Gasteiger partial charge on any atom is 0.269 e. The number of hydrogen-bond donors (Lipinski definition) is 1. The van der Waals surface area contributed by atoms with Crippen molar-refractivity contribution in [1.82, 2.24) is 9.88 Å². The number of aromatic nitrogens is 1. The topological polar surface area (TPSA) is 57.8 Å². The maximum atomic E-state index is 12.8. The molecule has 0 aliphatic carbocycles. The second-order valence-electron chi connectivity index (χ2n) is 6.23. The van der Waals surface area contributed by atoms with Crippen LogP contribution in [0.3, 0.4) is 0 Å². The van der Waals surface area contributed by atoms with E-state index in [9.17, 15) is 10.1 Å². The molecular weight excluding hydrogens is 322 g/mol. The van der Waals surface area contributed by atoms with Gasteiger partial charge in [0.1, 0.15) is 11.8 Å². The van der Waals surface area contributed by atoms with E-state index in [-0.39, 0.29) is 11.9 Å². The molecule has 3 rings (SSSR count). The van der Waals surface area contributed by atoms with Crippen LogP contribution in [0.1, 0.15) is 36.3 Å². The first kappa shape index (κ1) is 17.5. The average molecular weight is 343 g/mol. The summed E-state index contributed by atoms with van der Waals surface area (Å²) >= 11 is 0. The summed E-state index contributed by atoms with van der Waals surface area (Å²) in [6.07, 6.45) is 2.61. The summed E-state index contributed by atoms with van der Waals surface area (Å²) in [5, 5.41) is 12.4. The molecule has 0 bridgehead atoms. The third-order valence-corrected chi connectivity index (χ3v) is 4.46. The molecule has 0 fully saturated rings. The van der Waals surface area contributed by atoms with E-state index in [1.165, 1.54) is 0 Å². The first-order valence-electron chi connectivity index (χ1n) is 8.72. The van der Waals surface area contributed by atoms with Crippen LogP contribution in [0.25, 0.3) is 16.8 Å². The van der Waals surface area contributed by atoms with Crippen LogP contribution >= 0.6 is 0 Å². The van der Waals surface area contributed by atoms with Crippen LogP contribution in [0.15, 0.2) is 66.9 Å². The summed E-state index contributed by atoms with van der Waals surface area (Å²) in [5.74, 6) is -0.233. The van der Waals surface area contributed by atoms with Gasteiger partial charge in [0.25, 0.3) is 5.91 Å². The Balaban J connectivity index is 2.14. The molecule has 130 valence electrons. The van der Waals surface area contributed by atoms with Crippen molar-refractivity contribution in [3.05, 3.63) is 78.1 Å². The van der Waals surface area contributed by atoms with Crippen molar-refractivity contribution < 1.29 is 4.79 Å². The lowest BCUT2D eigenvalue weighted by molar-refractivity contribution is 0.0932. The van der Waals surface area contributed by atoms with E-state index in [1.807, 2.05) is 68.4 Å². The Morgan fingerprint density at radius 1 is 1.12 bits per heavy atom. The minimum absolute atomic E-state index is 0.0433. The average Bonchev–Trinajstić information content (AvgIpc) is 3.12. The van der Waals surface area contributed by atoms with Gasteiger partial charge in [-0.1, -0.05) is 55.5 Å². The number of benzene rings is 2. The van der Waals surface area contributed by atoms with Gasteiger partial charge in [0, 0.05) is 17.8 Å². The van der Waals surface area contributed by atoms with E-state index in [1.54, 1.807) is 16.8 Å². The zero-order valence-electron chi connectivity index (χ0n) is 14.9. The largest absolute Gasteiger partial charge is 0.348 e. The summed E-state index contributed by atoms with van der Waals surface area (Å²) in [6.45, 7) is 3.97. The van der Waals surface area contributed by atoms with E-state index in [0.717, 1.165) is 23.2 Å². The molecule has 1 atom stereocenters. The Kier molecular flexibility index (Phi) is 5.19. The Morgan fingerprint density at radius 3 is 2.50 bits per heavy atom. The Morgan fingerprint density at radius 2 is 1.81 bits per heavy atom. The molecule has 0 saturated heterocycles. The van der Waals surface area contributed by atoms with Gasteiger partial charge < -0.3 is 9.88 Å². The normalized spacial score (nSPS) is 11.6. The minimum atomic E-state index is -0.233. The van der Waals surface area contributed by atoms with Gasteiger partial charge in [-0.05, 0) is 31.0 Å². The molecule has 1 N–H and O–H groups in total. The van der Waals surface area contributed by atoms with Crippen molar-refractivity contribution >= 4 is 5.91 Å². The smallest absolute Gasteiger partial charge is 0.269 e. The molecule has 4 heteroatoms. The fourth-order valence-corrected chi connectivity index (χ4v) is 2.89. The van der Waals surface area contributed by atoms with Crippen molar-refractivity contribution in [3.63, 3.8) is 0 Å². The quantitative estimate of drug-likeness (QED) is 0.739. The SMILES string of the molecule is CCC(C)NC(=O)c1c(C#N)ccn1-c1ccccc1-c1ccccc1. The van der Waals surface area contributed by atoms with Gasteiger partial charge in [-0.25, -0.2) is 0 Å². The molecule has 3 aromatic rings. The molecule has 0 radical (unpaired) electrons. The summed E-state index contributed by atoms with van der Waals surface area (Å²) in [4.78, 5) is 12.8. The highest BCUT2D eigenvalue weighted by Gasteiger charge is 2.20. The van der Waals surface area contributed by atoms with Crippen LogP contribution in [0, 0.1) is 11.3 Å². The van der Waals surface area contributed by atoms with Gasteiger partial charge in [0.15, 0.2) is 0 Å². The first-order chi connectivity index (χ1) is 12.7. The van der Waals surface area contributed by atoms with Gasteiger partial charge in [-0.2, -0.15) is 5.26 Å². The van der Waals surface area contributed by atoms with Crippen molar-refractivity contribution in [1.29, 1.82) is 5.26 Å². The minimum Gasteiger partial charge on any atom is -0.348 e. The van der Waals surface area contributed by atoms with Gasteiger partial charge in [0.2, 0.25) is 0 Å². The summed E-state index contributed by atoms with van der Waals surface area (Å²) in [7, 11) is 0. The van der Waals surface area contributed by atoms with Crippen molar-refractivity contribution in [2.75, 3.05) is 0 Å². The summed E-state index contributed by atoms with van der Waals surface area (Å²) in [6, 6.07) is 21.8. The van der Waals surface area contributed by atoms with Crippen LogP contribution in [0.5, 0.6) is 0 Å². The lowest BCUT2D eigenvalue weighted by Crippen LogP contribution is -2.33. The van der Waals surface area contributed by atoms with E-state index in [4.69, 9.17) is 0 Å². The Bertz CT molecular complexity index is 951. The number of amides is 1. The van der Waals surface area contributed by atoms with E-state index in [0.29, 0.717) is 11.3 Å². The number of para-hydroxylation sites is 1. The molecule has 0 spiro atoms. The maximum absolute atomic E-state index is 12.8. The number of carbonyl (C=O) groups is 1. The second-order valence-corrected chi connectivity index (χ2v) is 6.23. The van der Waals surface area contributed by atoms with E-state index < -0.39 is 0 Å². The second kappa shape index (κ2) is 7.71. The monoisotopic (exact) mass is 343 g/mol. The predicted octanol–water partition coefficient (Wildman–Crippen LogP) is 4.54. The zero-order valence-corrected chi connectivity index (χ0v) is 14.9. The molecule has 1 aromatic heterocycles. The van der Waals surface area contributed by atoms with Crippen LogP contribution in [-0.2, 0) is 0 Å². The van der Waals surface area contributed by atoms with E-state index in [2.05, 4.69) is 11.4 Å². The molecule has 0 saturated carbocycles. The lowest BCUT2D eigenvalue weighted by Gasteiger charge is -2.16. The fraction of sp³-hybridized carbons (Fsp3) is 0.182. The first-order valence-corrected chi connectivity index (χ1v) is 8.72. The number of nitrogens with zero attached hydrogens (tertiary/aromatic N) is 2. The number of hydrogen-bond acceptors (Lipinski definition) is 2. The lowest BCUT2D eigenvalue weighted by atomic mass is 10.0. The molecule has 2 aromatic carbocycles. The van der Waals surface area contributed by atoms with Crippen LogP contribution in [0.4, 0.5) is 0 Å². The molecular formula is C22H21N3O. The summed E-state index contributed by atoms with van der Waals surface area (Å²) in [5.41, 5.74) is 3.67. The Hall–Kier alpha value is -3.32. The number of nitriles is 1. The number of nitrogens with one attached hydrogen (secondary N) is 1. The van der Waals surface area contributed by atoms with Crippen LogP contribution < -0.4 is 5.32 Å². The highest BCUT2D eigenvalue weighted by atomic mass is 16.2. The van der Waals surface area contributed by atoms with Crippen LogP contribution in [0.2, 0.25) is 0 Å². The molecule has 1 heterocycles. The highest BCUT2D eigenvalue weighted by molar-refractivity contribution is 5.96. The van der Waals surface area contributed by atoms with Crippen molar-refractivity contribution in [3.8, 4) is 22.9 Å². The van der Waals surface area contributed by atoms with E-state index >= 15 is 0 Å². The zero-order chi connectivity index (χ0) is 18.5. The molecule has 0 aliphatic rings. The molecule has 0 aliphatic heterocycles. The molecule has 26 heavy (non-hydrogen) atoms. The van der Waals surface area contributed by atoms with Crippen LogP contribution in [-0.4, -0.2) is 16.5 Å². The van der Waals surface area contributed by atoms with Crippen molar-refractivity contribution in [2.24, 2.45) is 0 Å². The predicted molar refractivity (Wildman–Crippen MR) is 103 cm³/mol. The van der Waals surface area contributed by atoms with Gasteiger partial charge in [0.05, 0.1) is 11.3 Å². The number of rotatable bonds is 5. The van der Waals surface area contributed by atoms with Gasteiger partial charge >= 0.3 is 0 Å². The van der Waals surface area contributed by atoms with Crippen molar-refractivity contribution in [2.45, 2.75) is 26.3 Å². The third-order valence-electron chi connectivity index (χ3n) is 4.46. The molecule has 1 amide bonds. The van der Waals surface area contributed by atoms with Gasteiger partial charge in [-0.3, -0.25) is 4.79 Å². The Labute approximate surface area is 153 Å². The van der Waals surface area contributed by atoms with Gasteiger partial charge in [-0.15, -0.1) is 0 Å². The third kappa shape index (κ3) is 3.38. The summed E-state index contributed by atoms with van der Waals surface area (Å²) < 4.78 is 1.80.